The lowest BCUT2D eigenvalue weighted by atomic mass is 9.84. The highest BCUT2D eigenvalue weighted by atomic mass is 16.4. The lowest BCUT2D eigenvalue weighted by molar-refractivity contribution is -0.140. The van der Waals surface area contributed by atoms with Crippen molar-refractivity contribution in [2.24, 2.45) is 11.8 Å². The lowest BCUT2D eigenvalue weighted by Crippen LogP contribution is -2.45. The SMILES string of the molecule is O=C(Cn1c(=O)oc2ccccc21)N1C[C@@H]2CCN(C(=O)C3CCC3)[C@@H]2C1. The van der Waals surface area contributed by atoms with Crippen LogP contribution in [-0.2, 0) is 16.1 Å². The van der Waals surface area contributed by atoms with Gasteiger partial charge in [0.15, 0.2) is 5.58 Å². The maximum absolute atomic E-state index is 12.8. The maximum atomic E-state index is 12.8. The van der Waals surface area contributed by atoms with Gasteiger partial charge in [0.2, 0.25) is 11.8 Å². The number of benzene rings is 1. The van der Waals surface area contributed by atoms with Crippen LogP contribution >= 0.6 is 0 Å². The number of aromatic nitrogens is 1. The van der Waals surface area contributed by atoms with Gasteiger partial charge in [-0.25, -0.2) is 4.79 Å². The second kappa shape index (κ2) is 6.25. The Morgan fingerprint density at radius 1 is 1.11 bits per heavy atom. The molecule has 1 aromatic carbocycles. The molecule has 1 saturated carbocycles. The molecule has 27 heavy (non-hydrogen) atoms. The summed E-state index contributed by atoms with van der Waals surface area (Å²) in [6, 6.07) is 7.27. The number of carbonyl (C=O) groups is 2. The van der Waals surface area contributed by atoms with E-state index >= 15 is 0 Å². The van der Waals surface area contributed by atoms with E-state index < -0.39 is 5.76 Å². The van der Waals surface area contributed by atoms with Crippen molar-refractivity contribution in [3.05, 3.63) is 34.8 Å². The molecule has 142 valence electrons. The molecule has 0 radical (unpaired) electrons. The molecule has 0 spiro atoms. The quantitative estimate of drug-likeness (QED) is 0.821. The third-order valence-corrected chi connectivity index (χ3v) is 6.50. The molecule has 2 atom stereocenters. The number of fused-ring (bicyclic) bond motifs is 2. The van der Waals surface area contributed by atoms with Gasteiger partial charge in [-0.2, -0.15) is 0 Å². The minimum Gasteiger partial charge on any atom is -0.408 e. The van der Waals surface area contributed by atoms with E-state index in [1.807, 2.05) is 15.9 Å². The highest BCUT2D eigenvalue weighted by Gasteiger charge is 2.46. The zero-order valence-electron chi connectivity index (χ0n) is 15.2. The molecule has 7 nitrogen and oxygen atoms in total. The van der Waals surface area contributed by atoms with Crippen LogP contribution in [0.2, 0.25) is 0 Å². The molecule has 2 amide bonds. The molecular formula is C20H23N3O4. The third-order valence-electron chi connectivity index (χ3n) is 6.50. The van der Waals surface area contributed by atoms with E-state index in [9.17, 15) is 14.4 Å². The monoisotopic (exact) mass is 369 g/mol. The zero-order chi connectivity index (χ0) is 18.5. The van der Waals surface area contributed by atoms with Gasteiger partial charge >= 0.3 is 5.76 Å². The Morgan fingerprint density at radius 2 is 1.93 bits per heavy atom. The molecule has 2 aliphatic heterocycles. The van der Waals surface area contributed by atoms with Crippen molar-refractivity contribution in [3.63, 3.8) is 0 Å². The van der Waals surface area contributed by atoms with Gasteiger partial charge in [0.25, 0.3) is 0 Å². The largest absolute Gasteiger partial charge is 0.420 e. The first kappa shape index (κ1) is 16.6. The van der Waals surface area contributed by atoms with Gasteiger partial charge in [0.1, 0.15) is 6.54 Å². The number of amides is 2. The molecule has 3 aliphatic rings. The van der Waals surface area contributed by atoms with E-state index in [2.05, 4.69) is 0 Å². The average molecular weight is 369 g/mol. The Labute approximate surface area is 156 Å². The van der Waals surface area contributed by atoms with Gasteiger partial charge < -0.3 is 14.2 Å². The van der Waals surface area contributed by atoms with Crippen molar-refractivity contribution in [1.82, 2.24) is 14.4 Å². The molecule has 1 aromatic heterocycles. The highest BCUT2D eigenvalue weighted by molar-refractivity contribution is 5.82. The Hall–Kier alpha value is -2.57. The summed E-state index contributed by atoms with van der Waals surface area (Å²) in [4.78, 5) is 41.4. The third kappa shape index (κ3) is 2.67. The molecular weight excluding hydrogens is 346 g/mol. The second-order valence-corrected chi connectivity index (χ2v) is 8.00. The van der Waals surface area contributed by atoms with Crippen LogP contribution in [0.1, 0.15) is 25.7 Å². The van der Waals surface area contributed by atoms with Gasteiger partial charge in [-0.05, 0) is 31.4 Å². The summed E-state index contributed by atoms with van der Waals surface area (Å²) in [5.74, 6) is 0.236. The van der Waals surface area contributed by atoms with E-state index in [0.29, 0.717) is 30.1 Å². The second-order valence-electron chi connectivity index (χ2n) is 8.00. The van der Waals surface area contributed by atoms with Gasteiger partial charge in [-0.15, -0.1) is 0 Å². The van der Waals surface area contributed by atoms with Crippen molar-refractivity contribution in [2.75, 3.05) is 19.6 Å². The van der Waals surface area contributed by atoms with Crippen molar-refractivity contribution < 1.29 is 14.0 Å². The minimum atomic E-state index is -0.509. The van der Waals surface area contributed by atoms with Crippen LogP contribution < -0.4 is 5.76 Å². The first-order chi connectivity index (χ1) is 13.1. The number of rotatable bonds is 3. The maximum Gasteiger partial charge on any atom is 0.420 e. The number of hydrogen-bond donors (Lipinski definition) is 0. The lowest BCUT2D eigenvalue weighted by Gasteiger charge is -2.32. The van der Waals surface area contributed by atoms with Crippen LogP contribution in [0.15, 0.2) is 33.5 Å². The molecule has 0 N–H and O–H groups in total. The number of oxazole rings is 1. The van der Waals surface area contributed by atoms with Crippen LogP contribution in [-0.4, -0.2) is 51.9 Å². The van der Waals surface area contributed by atoms with Crippen molar-refractivity contribution >= 4 is 22.9 Å². The fourth-order valence-electron chi connectivity index (χ4n) is 4.73. The predicted octanol–water partition coefficient (Wildman–Crippen LogP) is 1.45. The molecule has 3 fully saturated rings. The van der Waals surface area contributed by atoms with Gasteiger partial charge in [-0.3, -0.25) is 14.2 Å². The molecule has 7 heteroatoms. The summed E-state index contributed by atoms with van der Waals surface area (Å²) in [5, 5.41) is 0. The smallest absolute Gasteiger partial charge is 0.408 e. The molecule has 0 unspecified atom stereocenters. The average Bonchev–Trinajstić information content (AvgIpc) is 3.26. The van der Waals surface area contributed by atoms with Crippen LogP contribution in [0.5, 0.6) is 0 Å². The number of likely N-dealkylation sites (tertiary alicyclic amines) is 2. The number of carbonyl (C=O) groups excluding carboxylic acids is 2. The summed E-state index contributed by atoms with van der Waals surface area (Å²) < 4.78 is 6.61. The van der Waals surface area contributed by atoms with E-state index in [-0.39, 0.29) is 30.3 Å². The van der Waals surface area contributed by atoms with Crippen LogP contribution in [0.4, 0.5) is 0 Å². The first-order valence-corrected chi connectivity index (χ1v) is 9.78. The number of hydrogen-bond acceptors (Lipinski definition) is 4. The van der Waals surface area contributed by atoms with Crippen molar-refractivity contribution in [3.8, 4) is 0 Å². The number of para-hydroxylation sites is 2. The summed E-state index contributed by atoms with van der Waals surface area (Å²) >= 11 is 0. The number of nitrogens with zero attached hydrogens (tertiary/aromatic N) is 3. The molecule has 1 aliphatic carbocycles. The summed E-state index contributed by atoms with van der Waals surface area (Å²) in [6.45, 7) is 2.04. The van der Waals surface area contributed by atoms with E-state index in [0.717, 1.165) is 32.2 Å². The van der Waals surface area contributed by atoms with E-state index in [1.54, 1.807) is 18.2 Å². The normalized spacial score (nSPS) is 25.0. The zero-order valence-corrected chi connectivity index (χ0v) is 15.2. The fraction of sp³-hybridized carbons (Fsp3) is 0.550. The highest BCUT2D eigenvalue weighted by Crippen LogP contribution is 2.36. The molecule has 0 bridgehead atoms. The predicted molar refractivity (Wildman–Crippen MR) is 98.0 cm³/mol. The summed E-state index contributed by atoms with van der Waals surface area (Å²) in [5.41, 5.74) is 1.13. The van der Waals surface area contributed by atoms with Gasteiger partial charge in [-0.1, -0.05) is 18.6 Å². The Morgan fingerprint density at radius 3 is 2.70 bits per heavy atom. The fourth-order valence-corrected chi connectivity index (χ4v) is 4.73. The molecule has 2 saturated heterocycles. The van der Waals surface area contributed by atoms with Gasteiger partial charge in [0.05, 0.1) is 11.6 Å². The minimum absolute atomic E-state index is 0.0220. The molecule has 2 aromatic rings. The summed E-state index contributed by atoms with van der Waals surface area (Å²) in [7, 11) is 0. The van der Waals surface area contributed by atoms with E-state index in [4.69, 9.17) is 4.42 Å². The van der Waals surface area contributed by atoms with Crippen molar-refractivity contribution in [1.29, 1.82) is 0 Å². The summed E-state index contributed by atoms with van der Waals surface area (Å²) in [6.07, 6.45) is 4.12. The topological polar surface area (TPSA) is 75.8 Å². The van der Waals surface area contributed by atoms with Crippen LogP contribution in [0.25, 0.3) is 11.1 Å². The van der Waals surface area contributed by atoms with E-state index in [1.165, 1.54) is 4.57 Å². The Bertz CT molecular complexity index is 958. The van der Waals surface area contributed by atoms with Crippen LogP contribution in [0.3, 0.4) is 0 Å². The van der Waals surface area contributed by atoms with Crippen LogP contribution in [0, 0.1) is 11.8 Å². The van der Waals surface area contributed by atoms with Crippen molar-refractivity contribution in [2.45, 2.75) is 38.3 Å². The first-order valence-electron chi connectivity index (χ1n) is 9.78. The molecule has 3 heterocycles. The van der Waals surface area contributed by atoms with Gasteiger partial charge in [0, 0.05) is 31.5 Å². The molecule has 5 rings (SSSR count). The standard InChI is InChI=1S/C20H23N3O4/c24-18(12-23-15-6-1-2-7-17(15)27-20(23)26)21-10-14-8-9-22(16(14)11-21)19(25)13-4-3-5-13/h1-2,6-7,13-14,16H,3-5,8-12H2/t14-,16+/m0/s1. The Balaban J connectivity index is 1.30. The Kier molecular flexibility index (Phi) is 3.84.